The largest absolute Gasteiger partial charge is 0.324 e. The minimum atomic E-state index is -4.58. The van der Waals surface area contributed by atoms with Gasteiger partial charge in [-0.3, -0.25) is 23.6 Å². The number of aromatic nitrogens is 3. The van der Waals surface area contributed by atoms with E-state index in [0.717, 1.165) is 34.5 Å². The van der Waals surface area contributed by atoms with Gasteiger partial charge in [-0.1, -0.05) is 79.1 Å². The van der Waals surface area contributed by atoms with Gasteiger partial charge >= 0.3 is 0 Å². The zero-order valence-corrected chi connectivity index (χ0v) is 40.5. The van der Waals surface area contributed by atoms with Gasteiger partial charge in [-0.25, -0.2) is 9.67 Å². The molecule has 5 aromatic carbocycles. The lowest BCUT2D eigenvalue weighted by Crippen LogP contribution is -2.14. The van der Waals surface area contributed by atoms with Gasteiger partial charge in [0, 0.05) is 23.6 Å². The van der Waals surface area contributed by atoms with E-state index < -0.39 is 42.4 Å². The van der Waals surface area contributed by atoms with Crippen LogP contribution in [0.1, 0.15) is 66.0 Å². The summed E-state index contributed by atoms with van der Waals surface area (Å²) in [6, 6.07) is 22.9. The van der Waals surface area contributed by atoms with Gasteiger partial charge in [0.25, 0.3) is 26.1 Å². The smallest absolute Gasteiger partial charge is 0.294 e. The summed E-state index contributed by atoms with van der Waals surface area (Å²) in [5.74, 6) is -1.24. The van der Waals surface area contributed by atoms with Crippen molar-refractivity contribution >= 4 is 116 Å². The van der Waals surface area contributed by atoms with Crippen molar-refractivity contribution in [3.05, 3.63) is 128 Å². The van der Waals surface area contributed by atoms with Gasteiger partial charge in [0.1, 0.15) is 23.0 Å². The normalized spacial score (nSPS) is 12.1. The average Bonchev–Trinajstić information content (AvgIpc) is 3.82. The van der Waals surface area contributed by atoms with Crippen LogP contribution in [-0.2, 0) is 30.4 Å². The Morgan fingerprint density at radius 2 is 1.49 bits per heavy atom. The molecule has 17 nitrogen and oxygen atoms in total. The van der Waals surface area contributed by atoms with Crippen LogP contribution < -0.4 is 15.5 Å². The number of thiazole rings is 1. The van der Waals surface area contributed by atoms with E-state index in [0.29, 0.717) is 26.7 Å². The second-order valence-electron chi connectivity index (χ2n) is 16.3. The predicted octanol–water partition coefficient (Wildman–Crippen LogP) is 11.5. The molecule has 2 amide bonds. The SMILES string of the molecule is CC(=O)Nc1cc(N(c2nc3ccc(S(=O)(=O)O)cc3s2)c2c(C)cc(C)cc2C)ccc1/N=N/c1c(C#N)c(C(C)(C)C)nn1-c1c(Cl)cc(NC(=O)c2cccc(S(=O)(=O)O)c2)cc1Cl. The number of nitriles is 1. The van der Waals surface area contributed by atoms with Crippen LogP contribution in [-0.4, -0.2) is 52.5 Å². The van der Waals surface area contributed by atoms with Crippen LogP contribution in [0.4, 0.5) is 39.4 Å². The molecule has 0 bridgehead atoms. The highest BCUT2D eigenvalue weighted by molar-refractivity contribution is 7.86. The third-order valence-corrected chi connectivity index (χ3v) is 13.3. The summed E-state index contributed by atoms with van der Waals surface area (Å²) in [6.07, 6.45) is 0. The van der Waals surface area contributed by atoms with Gasteiger partial charge < -0.3 is 10.6 Å². The molecule has 2 aromatic heterocycles. The highest BCUT2D eigenvalue weighted by Crippen LogP contribution is 2.46. The number of azo groups is 1. The molecule has 0 unspecified atom stereocenters. The summed E-state index contributed by atoms with van der Waals surface area (Å²) in [7, 11) is -9.08. The molecule has 0 fully saturated rings. The molecule has 7 aromatic rings. The molecule has 67 heavy (non-hydrogen) atoms. The highest BCUT2D eigenvalue weighted by Gasteiger charge is 2.30. The molecule has 0 spiro atoms. The Morgan fingerprint density at radius 3 is 2.09 bits per heavy atom. The predicted molar refractivity (Wildman–Crippen MR) is 258 cm³/mol. The number of halogens is 2. The first-order valence-corrected chi connectivity index (χ1v) is 24.3. The number of anilines is 5. The van der Waals surface area contributed by atoms with E-state index in [9.17, 15) is 40.8 Å². The van der Waals surface area contributed by atoms with E-state index >= 15 is 0 Å². The van der Waals surface area contributed by atoms with Crippen molar-refractivity contribution < 1.29 is 35.5 Å². The highest BCUT2D eigenvalue weighted by atomic mass is 35.5. The van der Waals surface area contributed by atoms with E-state index in [2.05, 4.69) is 26.9 Å². The van der Waals surface area contributed by atoms with Gasteiger partial charge in [0.2, 0.25) is 5.91 Å². The van der Waals surface area contributed by atoms with E-state index in [1.807, 2.05) is 58.6 Å². The number of amides is 2. The zero-order valence-electron chi connectivity index (χ0n) is 36.5. The molecule has 4 N–H and O–H groups in total. The number of hydrogen-bond donors (Lipinski definition) is 4. The van der Waals surface area contributed by atoms with Crippen LogP contribution in [0.5, 0.6) is 0 Å². The summed E-state index contributed by atoms with van der Waals surface area (Å²) < 4.78 is 68.3. The van der Waals surface area contributed by atoms with Crippen LogP contribution in [0.2, 0.25) is 10.0 Å². The van der Waals surface area contributed by atoms with Crippen molar-refractivity contribution in [2.75, 3.05) is 15.5 Å². The molecule has 22 heteroatoms. The molecule has 7 rings (SSSR count). The van der Waals surface area contributed by atoms with Gasteiger partial charge in [-0.15, -0.1) is 10.2 Å². The Bertz CT molecular complexity index is 3460. The number of aryl methyl sites for hydroxylation is 3. The third kappa shape index (κ3) is 10.2. The Morgan fingerprint density at radius 1 is 0.851 bits per heavy atom. The van der Waals surface area contributed by atoms with Crippen LogP contribution in [0.15, 0.2) is 105 Å². The van der Waals surface area contributed by atoms with Crippen molar-refractivity contribution in [1.82, 2.24) is 14.8 Å². The summed E-state index contributed by atoms with van der Waals surface area (Å²) >= 11 is 14.9. The second-order valence-corrected chi connectivity index (χ2v) is 21.0. The number of rotatable bonds is 11. The van der Waals surface area contributed by atoms with Gasteiger partial charge in [-0.05, 0) is 98.6 Å². The van der Waals surface area contributed by atoms with E-state index in [1.54, 1.807) is 18.2 Å². The maximum Gasteiger partial charge on any atom is 0.294 e. The Kier molecular flexibility index (Phi) is 13.2. The zero-order chi connectivity index (χ0) is 48.9. The number of carbonyl (C=O) groups is 2. The van der Waals surface area contributed by atoms with Crippen molar-refractivity contribution in [1.29, 1.82) is 5.26 Å². The lowest BCUT2D eigenvalue weighted by atomic mass is 9.90. The number of nitrogens with one attached hydrogen (secondary N) is 2. The molecule has 0 atom stereocenters. The van der Waals surface area contributed by atoms with Crippen molar-refractivity contribution in [2.45, 2.75) is 63.7 Å². The third-order valence-electron chi connectivity index (χ3n) is 10.1. The fourth-order valence-electron chi connectivity index (χ4n) is 7.28. The molecular weight excluding hydrogens is 962 g/mol. The first kappa shape index (κ1) is 48.4. The topological polar surface area (TPSA) is 249 Å². The molecule has 344 valence electrons. The fraction of sp³-hybridized carbons (Fsp3) is 0.178. The second kappa shape index (κ2) is 18.3. The quantitative estimate of drug-likeness (QED) is 0.0698. The Balaban J connectivity index is 1.34. The average molecular weight is 1000 g/mol. The van der Waals surface area contributed by atoms with E-state index in [-0.39, 0.29) is 54.6 Å². The minimum absolute atomic E-state index is 0.0347. The van der Waals surface area contributed by atoms with Crippen molar-refractivity contribution in [2.24, 2.45) is 10.2 Å². The number of nitrogens with zero attached hydrogens (tertiary/aromatic N) is 7. The number of fused-ring (bicyclic) bond motifs is 1. The number of carbonyl (C=O) groups excluding carboxylic acids is 2. The molecule has 0 aliphatic heterocycles. The molecule has 2 heterocycles. The molecule has 0 aliphatic carbocycles. The van der Waals surface area contributed by atoms with Crippen LogP contribution in [0.3, 0.4) is 0 Å². The maximum atomic E-state index is 13.1. The fourth-order valence-corrected chi connectivity index (χ4v) is 10.1. The van der Waals surface area contributed by atoms with E-state index in [4.69, 9.17) is 33.3 Å². The molecule has 0 saturated carbocycles. The summed E-state index contributed by atoms with van der Waals surface area (Å²) in [5, 5.41) is 30.2. The molecule has 0 aliphatic rings. The van der Waals surface area contributed by atoms with Crippen LogP contribution in [0.25, 0.3) is 15.9 Å². The van der Waals surface area contributed by atoms with E-state index in [1.165, 1.54) is 65.4 Å². The van der Waals surface area contributed by atoms with Gasteiger partial charge in [0.05, 0.1) is 52.8 Å². The standard InChI is InChI=1S/C45H39Cl2N9O8S3/c1-23-15-24(2)39(25(3)16-23)55(44-51-36-14-12-31(67(62,63)64)21-38(36)65-44)29-11-13-35(37(20-29)49-26(4)57)52-53-42-32(22-48)41(45(5,6)7)54-56(42)40-33(46)18-28(19-34(40)47)50-43(58)27-9-8-10-30(17-27)66(59,60)61/h8-21H,1-7H3,(H,49,57)(H,50,58)(H,59,60,61)(H,62,63,64)/b53-52+. The lowest BCUT2D eigenvalue weighted by Gasteiger charge is -2.27. The van der Waals surface area contributed by atoms with Crippen molar-refractivity contribution in [3.63, 3.8) is 0 Å². The monoisotopic (exact) mass is 999 g/mol. The molecular formula is C45H39Cl2N9O8S3. The summed E-state index contributed by atoms with van der Waals surface area (Å²) in [5.41, 5.74) is 4.74. The number of hydrogen-bond acceptors (Lipinski definition) is 13. The molecule has 0 saturated heterocycles. The van der Waals surface area contributed by atoms with Gasteiger partial charge in [0.15, 0.2) is 10.9 Å². The molecule has 0 radical (unpaired) electrons. The van der Waals surface area contributed by atoms with Crippen LogP contribution >= 0.6 is 34.5 Å². The Hall–Kier alpha value is -6.57. The van der Waals surface area contributed by atoms with Crippen LogP contribution in [0, 0.1) is 32.1 Å². The minimum Gasteiger partial charge on any atom is -0.324 e. The lowest BCUT2D eigenvalue weighted by molar-refractivity contribution is -0.114. The maximum absolute atomic E-state index is 13.1. The summed E-state index contributed by atoms with van der Waals surface area (Å²) in [4.78, 5) is 31.9. The first-order valence-electron chi connectivity index (χ1n) is 19.9. The van der Waals surface area contributed by atoms with Crippen molar-refractivity contribution in [3.8, 4) is 11.8 Å². The number of benzene rings is 5. The Labute approximate surface area is 399 Å². The first-order chi connectivity index (χ1) is 31.3. The summed E-state index contributed by atoms with van der Waals surface area (Å²) in [6.45, 7) is 12.7. The van der Waals surface area contributed by atoms with Gasteiger partial charge in [-0.2, -0.15) is 27.2 Å².